The molecule has 0 aliphatic carbocycles. The smallest absolute Gasteiger partial charge is 0.336 e. The molecule has 0 aliphatic heterocycles. The maximum absolute atomic E-state index is 13.2. The quantitative estimate of drug-likeness (QED) is 0.166. The van der Waals surface area contributed by atoms with E-state index in [-0.39, 0.29) is 10.1 Å². The lowest BCUT2D eigenvalue weighted by atomic mass is 9.97. The van der Waals surface area contributed by atoms with E-state index in [9.17, 15) is 9.90 Å². The molecule has 0 fully saturated rings. The van der Waals surface area contributed by atoms with Crippen LogP contribution < -0.4 is 0 Å². The van der Waals surface area contributed by atoms with Crippen LogP contribution in [0.15, 0.2) is 30.3 Å². The van der Waals surface area contributed by atoms with Gasteiger partial charge in [-0.15, -0.1) is 0 Å². The van der Waals surface area contributed by atoms with E-state index in [1.807, 2.05) is 52.4 Å². The van der Waals surface area contributed by atoms with Crippen molar-refractivity contribution < 1.29 is 32.8 Å². The monoisotopic (exact) mass is 612 g/mol. The largest absolute Gasteiger partial charge is 0.467 e. The molecule has 1 aromatic carbocycles. The first-order chi connectivity index (χ1) is 18.2. The molecule has 1 N–H and O–H groups in total. The molecule has 0 saturated carbocycles. The van der Waals surface area contributed by atoms with Crippen LogP contribution in [0.1, 0.15) is 60.5 Å². The first kappa shape index (κ1) is 37.5. The van der Waals surface area contributed by atoms with Gasteiger partial charge in [0.25, 0.3) is 0 Å². The van der Waals surface area contributed by atoms with Crippen molar-refractivity contribution >= 4 is 45.6 Å². The van der Waals surface area contributed by atoms with Gasteiger partial charge in [-0.3, -0.25) is 0 Å². The zero-order chi connectivity index (χ0) is 31.1. The summed E-state index contributed by atoms with van der Waals surface area (Å²) >= 11 is 0. The Morgan fingerprint density at radius 2 is 1.43 bits per heavy atom. The van der Waals surface area contributed by atoms with E-state index >= 15 is 0 Å². The Labute approximate surface area is 249 Å². The Hall–Kier alpha value is -0.516. The van der Waals surface area contributed by atoms with Gasteiger partial charge in [0.1, 0.15) is 18.3 Å². The van der Waals surface area contributed by atoms with Crippen LogP contribution in [-0.4, -0.2) is 80.5 Å². The number of carbonyl (C=O) groups excluding carboxylic acids is 1. The molecule has 1 aromatic rings. The molecule has 12 heteroatoms. The maximum atomic E-state index is 13.2. The van der Waals surface area contributed by atoms with Crippen molar-refractivity contribution in [1.29, 1.82) is 0 Å². The predicted molar refractivity (Wildman–Crippen MR) is 176 cm³/mol. The van der Waals surface area contributed by atoms with E-state index in [1.165, 1.54) is 7.11 Å². The summed E-state index contributed by atoms with van der Waals surface area (Å²) in [5.41, 5.74) is 1.05. The van der Waals surface area contributed by atoms with Gasteiger partial charge in [-0.1, -0.05) is 86.7 Å². The minimum absolute atomic E-state index is 0.0962. The van der Waals surface area contributed by atoms with Crippen molar-refractivity contribution in [3.8, 4) is 0 Å². The second-order valence-corrected chi connectivity index (χ2v) is 25.1. The van der Waals surface area contributed by atoms with E-state index in [0.29, 0.717) is 13.0 Å². The lowest BCUT2D eigenvalue weighted by Gasteiger charge is -2.46. The summed E-state index contributed by atoms with van der Waals surface area (Å²) in [7, 11) is -0.512. The van der Waals surface area contributed by atoms with Crippen molar-refractivity contribution in [3.05, 3.63) is 35.9 Å². The topological polar surface area (TPSA) is 83.5 Å². The summed E-state index contributed by atoms with van der Waals surface area (Å²) in [6, 6.07) is 10.00. The molecule has 0 aromatic heterocycles. The molecular weight excluding hydrogens is 557 g/mol. The first-order valence-electron chi connectivity index (χ1n) is 14.3. The van der Waals surface area contributed by atoms with Gasteiger partial charge < -0.3 is 28.0 Å². The SMILES string of the molecule is BP(B)O[C@H](C(O[Si](C)(C)C(C)(C)C)[C@H](CC)OCc1ccccc1)[C@H](O)[C@H](O[Si](C)(C)C(C)(C)C)C(=O)OC. The fraction of sp³-hybridized carbons (Fsp3) is 0.750. The first-order valence-corrected chi connectivity index (χ1v) is 22.3. The number of methoxy groups -OCH3 is 1. The van der Waals surface area contributed by atoms with E-state index in [4.69, 9.17) is 22.8 Å². The number of hydrogen-bond acceptors (Lipinski definition) is 7. The fourth-order valence-electron chi connectivity index (χ4n) is 3.69. The molecule has 228 valence electrons. The third kappa shape index (κ3) is 10.6. The highest BCUT2D eigenvalue weighted by Gasteiger charge is 2.50. The van der Waals surface area contributed by atoms with Gasteiger partial charge in [-0.05, 0) is 48.2 Å². The molecule has 1 rings (SSSR count). The standard InChI is InChI=1S/C28H55B2O7PSi2/c1-13-21(34-19-20-17-15-14-16-18-20)23(36-39(9,10)27(2,3)4)24(35-38(29)30)22(31)25(26(32)33-8)37-40(11,12)28(5,6)7/h14-18,21-25,31H,13,19,29-30H2,1-12H3/t21-,22-,23?,24-,25-/m0/s1. The van der Waals surface area contributed by atoms with E-state index in [1.54, 1.807) is 0 Å². The second-order valence-electron chi connectivity index (χ2n) is 13.8. The van der Waals surface area contributed by atoms with E-state index in [0.717, 1.165) is 5.56 Å². The van der Waals surface area contributed by atoms with Crippen LogP contribution in [-0.2, 0) is 34.3 Å². The zero-order valence-corrected chi connectivity index (χ0v) is 30.4. The van der Waals surface area contributed by atoms with Crippen LogP contribution >= 0.6 is 7.91 Å². The molecule has 40 heavy (non-hydrogen) atoms. The molecule has 0 amide bonds. The lowest BCUT2D eigenvalue weighted by Crippen LogP contribution is -2.60. The number of aliphatic hydroxyl groups is 1. The highest BCUT2D eigenvalue weighted by molar-refractivity contribution is 7.97. The third-order valence-electron chi connectivity index (χ3n) is 8.28. The van der Waals surface area contributed by atoms with Crippen molar-refractivity contribution in [2.24, 2.45) is 0 Å². The van der Waals surface area contributed by atoms with E-state index < -0.39 is 61.0 Å². The second kappa shape index (κ2) is 15.3. The van der Waals surface area contributed by atoms with Gasteiger partial charge in [-0.2, -0.15) is 0 Å². The molecule has 5 atom stereocenters. The Kier molecular flexibility index (Phi) is 14.3. The summed E-state index contributed by atoms with van der Waals surface area (Å²) in [6.45, 7) is 23.7. The molecule has 0 heterocycles. The number of benzene rings is 1. The molecule has 1 unspecified atom stereocenters. The van der Waals surface area contributed by atoms with Crippen LogP contribution in [0.5, 0.6) is 0 Å². The Bertz CT molecular complexity index is 908. The van der Waals surface area contributed by atoms with Crippen molar-refractivity contribution in [2.45, 2.75) is 128 Å². The number of carbonyl (C=O) groups is 1. The Morgan fingerprint density at radius 1 is 0.925 bits per heavy atom. The summed E-state index contributed by atoms with van der Waals surface area (Å²) in [5.74, 6) is -0.619. The van der Waals surface area contributed by atoms with Gasteiger partial charge in [0.15, 0.2) is 37.9 Å². The average Bonchev–Trinajstić information content (AvgIpc) is 2.83. The van der Waals surface area contributed by atoms with Gasteiger partial charge in [-0.25, -0.2) is 4.79 Å². The maximum Gasteiger partial charge on any atom is 0.336 e. The molecule has 0 aliphatic rings. The normalized spacial score (nSPS) is 17.2. The molecule has 0 bridgehead atoms. The number of hydrogen-bond donors (Lipinski definition) is 1. The minimum atomic E-state index is -2.48. The van der Waals surface area contributed by atoms with Gasteiger partial charge in [0.2, 0.25) is 0 Å². The van der Waals surface area contributed by atoms with Crippen LogP contribution in [0.25, 0.3) is 0 Å². The third-order valence-corrected chi connectivity index (χ3v) is 17.9. The summed E-state index contributed by atoms with van der Waals surface area (Å²) in [5, 5.41) is 11.7. The summed E-state index contributed by atoms with van der Waals surface area (Å²) in [6.07, 6.45) is -3.81. The minimum Gasteiger partial charge on any atom is -0.467 e. The zero-order valence-electron chi connectivity index (χ0n) is 27.5. The van der Waals surface area contributed by atoms with Crippen LogP contribution in [0.2, 0.25) is 36.3 Å². The van der Waals surface area contributed by atoms with Crippen LogP contribution in [0, 0.1) is 0 Å². The number of aliphatic hydroxyl groups excluding tert-OH is 1. The number of rotatable bonds is 15. The van der Waals surface area contributed by atoms with Gasteiger partial charge >= 0.3 is 5.97 Å². The van der Waals surface area contributed by atoms with E-state index in [2.05, 4.69) is 67.7 Å². The Balaban J connectivity index is 3.64. The summed E-state index contributed by atoms with van der Waals surface area (Å²) in [4.78, 5) is 13.2. The molecule has 0 spiro atoms. The van der Waals surface area contributed by atoms with Crippen molar-refractivity contribution in [1.82, 2.24) is 0 Å². The molecule has 0 saturated heterocycles. The fourth-order valence-corrected chi connectivity index (χ4v) is 6.97. The number of ether oxygens (including phenoxy) is 2. The van der Waals surface area contributed by atoms with Crippen molar-refractivity contribution in [2.75, 3.05) is 7.11 Å². The summed E-state index contributed by atoms with van der Waals surface area (Å²) < 4.78 is 31.7. The Morgan fingerprint density at radius 3 is 1.85 bits per heavy atom. The molecular formula is C28H55B2O7PSi2. The van der Waals surface area contributed by atoms with Gasteiger partial charge in [0, 0.05) is 0 Å². The van der Waals surface area contributed by atoms with Crippen LogP contribution in [0.4, 0.5) is 0 Å². The average molecular weight is 613 g/mol. The highest BCUT2D eigenvalue weighted by atomic mass is 31.1. The number of esters is 1. The predicted octanol–water partition coefficient (Wildman–Crippen LogP) is 5.17. The van der Waals surface area contributed by atoms with Gasteiger partial charge in [0.05, 0.1) is 19.8 Å². The lowest BCUT2D eigenvalue weighted by molar-refractivity contribution is -0.166. The van der Waals surface area contributed by atoms with Crippen LogP contribution in [0.3, 0.4) is 0 Å². The molecule has 7 nitrogen and oxygen atoms in total. The highest BCUT2D eigenvalue weighted by Crippen LogP contribution is 2.42. The molecule has 0 radical (unpaired) electrons. The van der Waals surface area contributed by atoms with Crippen molar-refractivity contribution in [3.63, 3.8) is 0 Å².